The molecule has 5 nitrogen and oxygen atoms in total. The van der Waals surface area contributed by atoms with Crippen molar-refractivity contribution in [2.24, 2.45) is 0 Å². The van der Waals surface area contributed by atoms with E-state index in [1.807, 2.05) is 36.9 Å². The van der Waals surface area contributed by atoms with E-state index in [1.165, 1.54) is 0 Å². The highest BCUT2D eigenvalue weighted by Gasteiger charge is 2.22. The zero-order valence-electron chi connectivity index (χ0n) is 14.5. The van der Waals surface area contributed by atoms with Crippen molar-refractivity contribution in [1.29, 1.82) is 0 Å². The highest BCUT2D eigenvalue weighted by atomic mass is 19.3. The molecule has 0 bridgehead atoms. The second-order valence-electron chi connectivity index (χ2n) is 6.43. The van der Waals surface area contributed by atoms with Crippen LogP contribution >= 0.6 is 0 Å². The lowest BCUT2D eigenvalue weighted by Crippen LogP contribution is -2.41. The van der Waals surface area contributed by atoms with Gasteiger partial charge in [-0.15, -0.1) is 0 Å². The maximum Gasteiger partial charge on any atom is 0.251 e. The van der Waals surface area contributed by atoms with E-state index in [2.05, 4.69) is 20.3 Å². The van der Waals surface area contributed by atoms with Gasteiger partial charge in [0.15, 0.2) is 5.82 Å². The van der Waals surface area contributed by atoms with E-state index < -0.39 is 6.43 Å². The van der Waals surface area contributed by atoms with Crippen LogP contribution in [0.25, 0.3) is 11.5 Å². The Labute approximate surface area is 146 Å². The summed E-state index contributed by atoms with van der Waals surface area (Å²) >= 11 is 0. The molecule has 134 valence electrons. The molecule has 3 heterocycles. The van der Waals surface area contributed by atoms with E-state index >= 15 is 0 Å². The molecule has 0 amide bonds. The van der Waals surface area contributed by atoms with Crippen LogP contribution in [-0.2, 0) is 0 Å². The smallest absolute Gasteiger partial charge is 0.251 e. The van der Waals surface area contributed by atoms with E-state index in [4.69, 9.17) is 0 Å². The molecule has 0 spiro atoms. The molecule has 0 unspecified atom stereocenters. The zero-order chi connectivity index (χ0) is 17.8. The van der Waals surface area contributed by atoms with E-state index in [0.29, 0.717) is 18.9 Å². The van der Waals surface area contributed by atoms with E-state index in [0.717, 1.165) is 35.6 Å². The molecule has 1 saturated heterocycles. The fourth-order valence-corrected chi connectivity index (χ4v) is 3.03. The summed E-state index contributed by atoms with van der Waals surface area (Å²) in [6, 6.07) is 5.89. The summed E-state index contributed by atoms with van der Waals surface area (Å²) in [6.07, 6.45) is 1.11. The quantitative estimate of drug-likeness (QED) is 0.899. The van der Waals surface area contributed by atoms with Gasteiger partial charge in [0.05, 0.1) is 6.54 Å². The highest BCUT2D eigenvalue weighted by Crippen LogP contribution is 2.23. The lowest BCUT2D eigenvalue weighted by atomic mass is 10.0. The van der Waals surface area contributed by atoms with Gasteiger partial charge in [-0.2, -0.15) is 0 Å². The molecule has 2 aromatic heterocycles. The Morgan fingerprint density at radius 3 is 2.60 bits per heavy atom. The molecule has 1 N–H and O–H groups in total. The van der Waals surface area contributed by atoms with Gasteiger partial charge in [0, 0.05) is 36.6 Å². The first kappa shape index (κ1) is 17.7. The Kier molecular flexibility index (Phi) is 5.53. The number of aromatic nitrogens is 3. The fraction of sp³-hybridized carbons (Fsp3) is 0.500. The summed E-state index contributed by atoms with van der Waals surface area (Å²) in [7, 11) is 0. The van der Waals surface area contributed by atoms with Crippen LogP contribution in [0.15, 0.2) is 24.4 Å². The van der Waals surface area contributed by atoms with Gasteiger partial charge in [-0.3, -0.25) is 9.88 Å². The van der Waals surface area contributed by atoms with Crippen molar-refractivity contribution in [2.75, 3.05) is 25.0 Å². The largest absolute Gasteiger partial charge is 0.367 e. The Hall–Kier alpha value is -2.15. The average molecular weight is 347 g/mol. The minimum Gasteiger partial charge on any atom is -0.367 e. The molecular formula is C18H23F2N5. The van der Waals surface area contributed by atoms with E-state index in [9.17, 15) is 8.78 Å². The maximum atomic E-state index is 12.5. The lowest BCUT2D eigenvalue weighted by Gasteiger charge is -2.32. The van der Waals surface area contributed by atoms with Gasteiger partial charge >= 0.3 is 0 Å². The topological polar surface area (TPSA) is 53.9 Å². The third-order valence-corrected chi connectivity index (χ3v) is 4.61. The predicted molar refractivity (Wildman–Crippen MR) is 93.8 cm³/mol. The number of nitrogens with one attached hydrogen (secondary N) is 1. The van der Waals surface area contributed by atoms with Gasteiger partial charge in [0.1, 0.15) is 11.5 Å². The Morgan fingerprint density at radius 1 is 1.20 bits per heavy atom. The maximum absolute atomic E-state index is 12.5. The number of piperidine rings is 1. The molecule has 1 aliphatic rings. The molecule has 0 saturated carbocycles. The second-order valence-corrected chi connectivity index (χ2v) is 6.43. The van der Waals surface area contributed by atoms with Gasteiger partial charge < -0.3 is 5.32 Å². The summed E-state index contributed by atoms with van der Waals surface area (Å²) in [5.41, 5.74) is 2.66. The number of alkyl halides is 2. The number of aryl methyl sites for hydroxylation is 1. The number of hydrogen-bond donors (Lipinski definition) is 1. The van der Waals surface area contributed by atoms with Crippen LogP contribution in [-0.4, -0.2) is 52.0 Å². The molecule has 0 aliphatic carbocycles. The van der Waals surface area contributed by atoms with Crippen LogP contribution in [0.5, 0.6) is 0 Å². The summed E-state index contributed by atoms with van der Waals surface area (Å²) in [5.74, 6) is 1.40. The van der Waals surface area contributed by atoms with Crippen LogP contribution in [0.3, 0.4) is 0 Å². The van der Waals surface area contributed by atoms with Crippen LogP contribution in [0, 0.1) is 13.8 Å². The average Bonchev–Trinajstić information content (AvgIpc) is 2.60. The number of halogens is 2. The van der Waals surface area contributed by atoms with Gasteiger partial charge in [0.25, 0.3) is 6.43 Å². The number of anilines is 1. The standard InChI is InChI=1S/C18H23F2N5/c1-12-13(2)22-18(15-5-3-4-8-21-15)24-17(12)23-14-6-9-25(10-7-14)11-16(19)20/h3-5,8,14,16H,6-7,9-11H2,1-2H3,(H,22,23,24). The zero-order valence-corrected chi connectivity index (χ0v) is 14.5. The number of rotatable bonds is 5. The van der Waals surface area contributed by atoms with Crippen LogP contribution in [0.4, 0.5) is 14.6 Å². The molecule has 0 radical (unpaired) electrons. The van der Waals surface area contributed by atoms with Crippen molar-refractivity contribution in [3.05, 3.63) is 35.7 Å². The van der Waals surface area contributed by atoms with Crippen molar-refractivity contribution in [3.8, 4) is 11.5 Å². The van der Waals surface area contributed by atoms with Gasteiger partial charge in [-0.1, -0.05) is 6.07 Å². The van der Waals surface area contributed by atoms with Crippen molar-refractivity contribution in [2.45, 2.75) is 39.2 Å². The van der Waals surface area contributed by atoms with Gasteiger partial charge in [-0.25, -0.2) is 18.7 Å². The molecule has 25 heavy (non-hydrogen) atoms. The minimum atomic E-state index is -2.27. The Morgan fingerprint density at radius 2 is 1.96 bits per heavy atom. The Balaban J connectivity index is 1.71. The first-order valence-electron chi connectivity index (χ1n) is 8.56. The highest BCUT2D eigenvalue weighted by molar-refractivity contribution is 5.56. The lowest BCUT2D eigenvalue weighted by molar-refractivity contribution is 0.0769. The molecule has 0 aromatic carbocycles. The number of pyridine rings is 1. The summed E-state index contributed by atoms with van der Waals surface area (Å²) < 4.78 is 25.0. The normalized spacial score (nSPS) is 16.4. The number of nitrogens with zero attached hydrogens (tertiary/aromatic N) is 4. The van der Waals surface area contributed by atoms with Gasteiger partial charge in [-0.05, 0) is 38.8 Å². The molecule has 0 atom stereocenters. The number of hydrogen-bond acceptors (Lipinski definition) is 5. The molecule has 7 heteroatoms. The number of likely N-dealkylation sites (tertiary alicyclic amines) is 1. The third kappa shape index (κ3) is 4.48. The second kappa shape index (κ2) is 7.82. The first-order chi connectivity index (χ1) is 12.0. The van der Waals surface area contributed by atoms with E-state index in [1.54, 1.807) is 6.20 Å². The van der Waals surface area contributed by atoms with Crippen molar-refractivity contribution in [3.63, 3.8) is 0 Å². The van der Waals surface area contributed by atoms with Crippen molar-refractivity contribution >= 4 is 5.82 Å². The molecule has 1 aliphatic heterocycles. The first-order valence-corrected chi connectivity index (χ1v) is 8.56. The summed E-state index contributed by atoms with van der Waals surface area (Å²) in [5, 5.41) is 3.48. The SMILES string of the molecule is Cc1nc(-c2ccccn2)nc(NC2CCN(CC(F)F)CC2)c1C. The van der Waals surface area contributed by atoms with Crippen molar-refractivity contribution < 1.29 is 8.78 Å². The predicted octanol–water partition coefficient (Wildman–Crippen LogP) is 3.30. The van der Waals surface area contributed by atoms with Crippen LogP contribution < -0.4 is 5.32 Å². The minimum absolute atomic E-state index is 0.137. The monoisotopic (exact) mass is 347 g/mol. The Bertz CT molecular complexity index is 700. The molecule has 2 aromatic rings. The molecule has 1 fully saturated rings. The van der Waals surface area contributed by atoms with E-state index in [-0.39, 0.29) is 12.6 Å². The molecule has 3 rings (SSSR count). The van der Waals surface area contributed by atoms with Crippen LogP contribution in [0.2, 0.25) is 0 Å². The van der Waals surface area contributed by atoms with Gasteiger partial charge in [0.2, 0.25) is 0 Å². The summed E-state index contributed by atoms with van der Waals surface area (Å²) in [4.78, 5) is 15.3. The van der Waals surface area contributed by atoms with Crippen LogP contribution in [0.1, 0.15) is 24.1 Å². The summed E-state index contributed by atoms with van der Waals surface area (Å²) in [6.45, 7) is 5.17. The fourth-order valence-electron chi connectivity index (χ4n) is 3.03. The third-order valence-electron chi connectivity index (χ3n) is 4.61. The van der Waals surface area contributed by atoms with Crippen molar-refractivity contribution in [1.82, 2.24) is 19.9 Å². The molecular weight excluding hydrogens is 324 g/mol.